The highest BCUT2D eigenvalue weighted by atomic mass is 16.1. The molecule has 0 spiro atoms. The van der Waals surface area contributed by atoms with E-state index in [1.807, 2.05) is 53.2 Å². The summed E-state index contributed by atoms with van der Waals surface area (Å²) in [6, 6.07) is 22.4. The molecule has 1 amide bonds. The number of benzene rings is 3. The summed E-state index contributed by atoms with van der Waals surface area (Å²) < 4.78 is 1.87. The van der Waals surface area contributed by atoms with Crippen LogP contribution >= 0.6 is 0 Å². The molecular weight excluding hydrogens is 338 g/mol. The molecule has 0 fully saturated rings. The van der Waals surface area contributed by atoms with Gasteiger partial charge in [-0.05, 0) is 42.0 Å². The minimum atomic E-state index is -0.201. The maximum absolute atomic E-state index is 12.4. The summed E-state index contributed by atoms with van der Waals surface area (Å²) in [6.07, 6.45) is 0. The van der Waals surface area contributed by atoms with Gasteiger partial charge in [-0.15, -0.1) is 0 Å². The number of nitrogens with zero attached hydrogens (tertiary/aromatic N) is 2. The fourth-order valence-corrected chi connectivity index (χ4v) is 3.01. The van der Waals surface area contributed by atoms with E-state index in [1.54, 1.807) is 24.3 Å². The zero-order valence-electron chi connectivity index (χ0n) is 14.6. The minimum Gasteiger partial charge on any atom is -0.397 e. The Morgan fingerprint density at radius 3 is 2.41 bits per heavy atom. The Morgan fingerprint density at radius 1 is 0.926 bits per heavy atom. The van der Waals surface area contributed by atoms with Crippen molar-refractivity contribution in [3.05, 3.63) is 83.9 Å². The predicted octanol–water partition coefficient (Wildman–Crippen LogP) is 3.50. The SMILES string of the molecule is Nc1ccccc1NC(=O)c1ccc(Cn2nc(N)c3ccccc32)cc1. The third kappa shape index (κ3) is 3.32. The standard InChI is InChI=1S/C21H19N5O/c22-17-6-2-3-7-18(17)24-21(27)15-11-9-14(10-12-15)13-26-19-8-4-1-5-16(19)20(23)25-26/h1-12H,13,22H2,(H2,23,25)(H,24,27). The molecule has 0 aliphatic rings. The van der Waals surface area contributed by atoms with E-state index in [2.05, 4.69) is 10.4 Å². The van der Waals surface area contributed by atoms with E-state index < -0.39 is 0 Å². The second kappa shape index (κ2) is 6.84. The molecule has 6 heteroatoms. The molecule has 0 saturated carbocycles. The molecule has 5 N–H and O–H groups in total. The third-order valence-electron chi connectivity index (χ3n) is 4.44. The number of anilines is 3. The Hall–Kier alpha value is -3.80. The van der Waals surface area contributed by atoms with Crippen molar-refractivity contribution in [3.8, 4) is 0 Å². The van der Waals surface area contributed by atoms with Crippen LogP contribution in [0.2, 0.25) is 0 Å². The largest absolute Gasteiger partial charge is 0.397 e. The third-order valence-corrected chi connectivity index (χ3v) is 4.44. The van der Waals surface area contributed by atoms with Crippen LogP contribution in [0.1, 0.15) is 15.9 Å². The van der Waals surface area contributed by atoms with Gasteiger partial charge in [0.05, 0.1) is 23.4 Å². The number of nitrogens with one attached hydrogen (secondary N) is 1. The zero-order valence-corrected chi connectivity index (χ0v) is 14.6. The number of rotatable bonds is 4. The number of fused-ring (bicyclic) bond motifs is 1. The van der Waals surface area contributed by atoms with Crippen molar-refractivity contribution < 1.29 is 4.79 Å². The van der Waals surface area contributed by atoms with E-state index in [1.165, 1.54) is 0 Å². The van der Waals surface area contributed by atoms with Crippen molar-refractivity contribution in [2.24, 2.45) is 0 Å². The Kier molecular flexibility index (Phi) is 4.22. The van der Waals surface area contributed by atoms with E-state index in [0.717, 1.165) is 16.5 Å². The zero-order chi connectivity index (χ0) is 18.8. The van der Waals surface area contributed by atoms with Gasteiger partial charge in [0.2, 0.25) is 0 Å². The van der Waals surface area contributed by atoms with Crippen LogP contribution in [0.4, 0.5) is 17.2 Å². The summed E-state index contributed by atoms with van der Waals surface area (Å²) in [4.78, 5) is 12.4. The van der Waals surface area contributed by atoms with Gasteiger partial charge >= 0.3 is 0 Å². The lowest BCUT2D eigenvalue weighted by molar-refractivity contribution is 0.102. The first-order valence-corrected chi connectivity index (χ1v) is 8.57. The Labute approximate surface area is 156 Å². The fourth-order valence-electron chi connectivity index (χ4n) is 3.01. The number of hydrogen-bond acceptors (Lipinski definition) is 4. The number of nitrogen functional groups attached to an aromatic ring is 2. The topological polar surface area (TPSA) is 99.0 Å². The van der Waals surface area contributed by atoms with Crippen LogP contribution < -0.4 is 16.8 Å². The number of para-hydroxylation sites is 3. The van der Waals surface area contributed by atoms with Gasteiger partial charge in [-0.1, -0.05) is 36.4 Å². The van der Waals surface area contributed by atoms with Crippen molar-refractivity contribution in [3.63, 3.8) is 0 Å². The summed E-state index contributed by atoms with van der Waals surface area (Å²) in [6.45, 7) is 0.575. The number of carbonyl (C=O) groups excluding carboxylic acids is 1. The highest BCUT2D eigenvalue weighted by Crippen LogP contribution is 2.21. The summed E-state index contributed by atoms with van der Waals surface area (Å²) in [7, 11) is 0. The van der Waals surface area contributed by atoms with Gasteiger partial charge in [0.25, 0.3) is 5.91 Å². The summed E-state index contributed by atoms with van der Waals surface area (Å²) in [5.74, 6) is 0.315. The van der Waals surface area contributed by atoms with E-state index >= 15 is 0 Å². The van der Waals surface area contributed by atoms with Gasteiger partial charge < -0.3 is 16.8 Å². The second-order valence-electron chi connectivity index (χ2n) is 6.30. The average Bonchev–Trinajstić information content (AvgIpc) is 3.00. The summed E-state index contributed by atoms with van der Waals surface area (Å²) >= 11 is 0. The predicted molar refractivity (Wildman–Crippen MR) is 108 cm³/mol. The number of nitrogens with two attached hydrogens (primary N) is 2. The Balaban J connectivity index is 1.52. The van der Waals surface area contributed by atoms with Crippen LogP contribution in [-0.4, -0.2) is 15.7 Å². The van der Waals surface area contributed by atoms with Gasteiger partial charge in [-0.25, -0.2) is 0 Å². The highest BCUT2D eigenvalue weighted by Gasteiger charge is 2.10. The highest BCUT2D eigenvalue weighted by molar-refractivity contribution is 6.05. The van der Waals surface area contributed by atoms with Gasteiger partial charge in [0.1, 0.15) is 0 Å². The fraction of sp³-hybridized carbons (Fsp3) is 0.0476. The number of carbonyl (C=O) groups is 1. The molecule has 0 unspecified atom stereocenters. The Morgan fingerprint density at radius 2 is 1.63 bits per heavy atom. The second-order valence-corrected chi connectivity index (χ2v) is 6.30. The monoisotopic (exact) mass is 357 g/mol. The molecule has 6 nitrogen and oxygen atoms in total. The molecule has 0 bridgehead atoms. The van der Waals surface area contributed by atoms with Gasteiger partial charge in [-0.3, -0.25) is 9.48 Å². The van der Waals surface area contributed by atoms with E-state index in [9.17, 15) is 4.79 Å². The lowest BCUT2D eigenvalue weighted by atomic mass is 10.1. The summed E-state index contributed by atoms with van der Waals surface area (Å²) in [5, 5.41) is 8.17. The first-order valence-electron chi connectivity index (χ1n) is 8.57. The molecule has 1 aromatic heterocycles. The summed E-state index contributed by atoms with van der Waals surface area (Å²) in [5.41, 5.74) is 15.6. The molecule has 134 valence electrons. The van der Waals surface area contributed by atoms with Crippen LogP contribution in [0, 0.1) is 0 Å². The smallest absolute Gasteiger partial charge is 0.255 e. The Bertz CT molecular complexity index is 1120. The van der Waals surface area contributed by atoms with Crippen molar-refractivity contribution >= 4 is 34.0 Å². The lowest BCUT2D eigenvalue weighted by Gasteiger charge is -2.09. The molecule has 1 heterocycles. The first-order chi connectivity index (χ1) is 13.1. The number of aromatic nitrogens is 2. The first kappa shape index (κ1) is 16.7. The molecular formula is C21H19N5O. The molecule has 0 saturated heterocycles. The molecule has 4 aromatic rings. The molecule has 27 heavy (non-hydrogen) atoms. The minimum absolute atomic E-state index is 0.201. The normalized spacial score (nSPS) is 10.8. The van der Waals surface area contributed by atoms with Crippen LogP contribution in [0.15, 0.2) is 72.8 Å². The number of amides is 1. The van der Waals surface area contributed by atoms with Crippen LogP contribution in [0.3, 0.4) is 0 Å². The van der Waals surface area contributed by atoms with Crippen molar-refractivity contribution in [2.75, 3.05) is 16.8 Å². The molecule has 3 aromatic carbocycles. The van der Waals surface area contributed by atoms with Gasteiger partial charge in [0.15, 0.2) is 5.82 Å². The van der Waals surface area contributed by atoms with E-state index in [0.29, 0.717) is 29.3 Å². The molecule has 0 atom stereocenters. The van der Waals surface area contributed by atoms with Crippen molar-refractivity contribution in [2.45, 2.75) is 6.54 Å². The molecule has 0 aliphatic heterocycles. The van der Waals surface area contributed by atoms with Crippen molar-refractivity contribution in [1.82, 2.24) is 9.78 Å². The lowest BCUT2D eigenvalue weighted by Crippen LogP contribution is -2.13. The van der Waals surface area contributed by atoms with Gasteiger partial charge in [0, 0.05) is 10.9 Å². The number of hydrogen-bond donors (Lipinski definition) is 3. The molecule has 4 rings (SSSR count). The van der Waals surface area contributed by atoms with Crippen LogP contribution in [0.5, 0.6) is 0 Å². The average molecular weight is 357 g/mol. The van der Waals surface area contributed by atoms with Gasteiger partial charge in [-0.2, -0.15) is 5.10 Å². The quantitative estimate of drug-likeness (QED) is 0.487. The van der Waals surface area contributed by atoms with Crippen molar-refractivity contribution in [1.29, 1.82) is 0 Å². The van der Waals surface area contributed by atoms with E-state index in [4.69, 9.17) is 11.5 Å². The van der Waals surface area contributed by atoms with Crippen LogP contribution in [0.25, 0.3) is 10.9 Å². The molecule has 0 aliphatic carbocycles. The maximum atomic E-state index is 12.4. The maximum Gasteiger partial charge on any atom is 0.255 e. The van der Waals surface area contributed by atoms with Crippen LogP contribution in [-0.2, 0) is 6.54 Å². The van der Waals surface area contributed by atoms with E-state index in [-0.39, 0.29) is 5.91 Å². The molecule has 0 radical (unpaired) electrons.